The Morgan fingerprint density at radius 3 is 2.44 bits per heavy atom. The van der Waals surface area contributed by atoms with Crippen molar-refractivity contribution in [1.29, 1.82) is 5.26 Å². The fourth-order valence-electron chi connectivity index (χ4n) is 4.53. The summed E-state index contributed by atoms with van der Waals surface area (Å²) < 4.78 is 10.9. The Balaban J connectivity index is 1.93. The van der Waals surface area contributed by atoms with Gasteiger partial charge in [0, 0.05) is 23.9 Å². The monoisotopic (exact) mass is 366 g/mol. The third-order valence-electron chi connectivity index (χ3n) is 5.76. The van der Waals surface area contributed by atoms with Crippen molar-refractivity contribution in [1.82, 2.24) is 0 Å². The van der Waals surface area contributed by atoms with Crippen molar-refractivity contribution in [3.8, 4) is 17.6 Å². The number of nitriles is 1. The maximum Gasteiger partial charge on any atom is 0.162 e. The zero-order valence-electron chi connectivity index (χ0n) is 15.3. The van der Waals surface area contributed by atoms with Crippen molar-refractivity contribution in [2.45, 2.75) is 30.1 Å². The van der Waals surface area contributed by atoms with E-state index >= 15 is 0 Å². The Labute approximate surface area is 158 Å². The van der Waals surface area contributed by atoms with E-state index < -0.39 is 23.7 Å². The van der Waals surface area contributed by atoms with E-state index in [0.29, 0.717) is 17.9 Å². The van der Waals surface area contributed by atoms with Crippen LogP contribution in [0.15, 0.2) is 42.5 Å². The fraction of sp³-hybridized carbons (Fsp3) is 0.381. The van der Waals surface area contributed by atoms with Crippen molar-refractivity contribution in [3.63, 3.8) is 0 Å². The van der Waals surface area contributed by atoms with Gasteiger partial charge < -0.3 is 24.6 Å². The third kappa shape index (κ3) is 2.47. The van der Waals surface area contributed by atoms with Crippen molar-refractivity contribution in [2.24, 2.45) is 0 Å². The van der Waals surface area contributed by atoms with E-state index in [1.807, 2.05) is 47.4 Å². The molecule has 2 N–H and O–H groups in total. The van der Waals surface area contributed by atoms with Gasteiger partial charge in [0.05, 0.1) is 32.4 Å². The first-order chi connectivity index (χ1) is 13.1. The number of methoxy groups -OCH3 is 2. The molecule has 0 amide bonds. The number of rotatable bonds is 4. The second-order valence-electron chi connectivity index (χ2n) is 7.13. The van der Waals surface area contributed by atoms with E-state index in [0.717, 1.165) is 16.8 Å². The number of ether oxygens (including phenoxy) is 2. The highest BCUT2D eigenvalue weighted by atomic mass is 16.5. The number of benzene rings is 2. The Bertz CT molecular complexity index is 895. The molecule has 4 atom stereocenters. The Kier molecular flexibility index (Phi) is 4.22. The molecule has 0 bridgehead atoms. The second-order valence-corrected chi connectivity index (χ2v) is 7.13. The highest BCUT2D eigenvalue weighted by molar-refractivity contribution is 5.73. The standard InChI is InChI=1S/C21H22N2O4/c1-26-17-8-14-15(9-18(17)27-2)23-11-16(24)19(25)20(23)21(14,12-22)10-13-6-4-3-5-7-13/h3-9,16,19-20,24-25H,10-11H2,1-2H3/t16-,19-,20-,21+/m1/s1. The lowest BCUT2D eigenvalue weighted by molar-refractivity contribution is 0.0317. The molecule has 0 saturated carbocycles. The van der Waals surface area contributed by atoms with Gasteiger partial charge in [-0.05, 0) is 18.1 Å². The molecule has 2 heterocycles. The molecule has 0 aromatic heterocycles. The molecule has 6 heteroatoms. The van der Waals surface area contributed by atoms with Crippen LogP contribution in [0.25, 0.3) is 0 Å². The van der Waals surface area contributed by atoms with E-state index in [9.17, 15) is 15.5 Å². The van der Waals surface area contributed by atoms with Crippen LogP contribution in [0, 0.1) is 11.3 Å². The van der Waals surface area contributed by atoms with Gasteiger partial charge in [-0.3, -0.25) is 0 Å². The highest BCUT2D eigenvalue weighted by Crippen LogP contribution is 2.54. The molecule has 1 fully saturated rings. The van der Waals surface area contributed by atoms with Crippen LogP contribution in [-0.4, -0.2) is 49.2 Å². The number of fused-ring (bicyclic) bond motifs is 3. The van der Waals surface area contributed by atoms with Gasteiger partial charge in [0.1, 0.15) is 11.5 Å². The summed E-state index contributed by atoms with van der Waals surface area (Å²) in [7, 11) is 3.12. The number of aliphatic hydroxyl groups excluding tert-OH is 2. The van der Waals surface area contributed by atoms with Crippen LogP contribution in [0.2, 0.25) is 0 Å². The van der Waals surface area contributed by atoms with E-state index in [-0.39, 0.29) is 6.54 Å². The summed E-state index contributed by atoms with van der Waals surface area (Å²) >= 11 is 0. The lowest BCUT2D eigenvalue weighted by atomic mass is 9.71. The van der Waals surface area contributed by atoms with Crippen LogP contribution in [0.1, 0.15) is 11.1 Å². The van der Waals surface area contributed by atoms with Gasteiger partial charge in [0.25, 0.3) is 0 Å². The average molecular weight is 366 g/mol. The van der Waals surface area contributed by atoms with E-state index in [4.69, 9.17) is 9.47 Å². The minimum atomic E-state index is -1.02. The van der Waals surface area contributed by atoms with Gasteiger partial charge >= 0.3 is 0 Å². The van der Waals surface area contributed by atoms with Gasteiger partial charge in [-0.15, -0.1) is 0 Å². The number of aliphatic hydroxyl groups is 2. The molecule has 27 heavy (non-hydrogen) atoms. The second kappa shape index (κ2) is 6.45. The summed E-state index contributed by atoms with van der Waals surface area (Å²) in [5, 5.41) is 31.4. The van der Waals surface area contributed by atoms with Gasteiger partial charge in [-0.1, -0.05) is 30.3 Å². The summed E-state index contributed by atoms with van der Waals surface area (Å²) in [5.74, 6) is 1.10. The van der Waals surface area contributed by atoms with E-state index in [1.165, 1.54) is 0 Å². The van der Waals surface area contributed by atoms with Crippen molar-refractivity contribution in [2.75, 3.05) is 25.7 Å². The molecule has 0 radical (unpaired) electrons. The molecule has 6 nitrogen and oxygen atoms in total. The molecule has 4 rings (SSSR count). The molecule has 2 aliphatic heterocycles. The SMILES string of the molecule is COc1cc2c(cc1OC)[C@@](C#N)(Cc1ccccc1)[C@H]1[C@H](O)[C@H](O)CN21. The first kappa shape index (κ1) is 17.7. The summed E-state index contributed by atoms with van der Waals surface area (Å²) in [5.41, 5.74) is 1.58. The molecule has 0 aliphatic carbocycles. The number of hydrogen-bond acceptors (Lipinski definition) is 6. The number of anilines is 1. The predicted molar refractivity (Wildman–Crippen MR) is 100 cm³/mol. The Morgan fingerprint density at radius 1 is 1.15 bits per heavy atom. The van der Waals surface area contributed by atoms with Crippen molar-refractivity contribution >= 4 is 5.69 Å². The van der Waals surface area contributed by atoms with Crippen LogP contribution in [0.3, 0.4) is 0 Å². The molecule has 0 spiro atoms. The lowest BCUT2D eigenvalue weighted by Crippen LogP contribution is -2.48. The van der Waals surface area contributed by atoms with Crippen molar-refractivity contribution < 1.29 is 19.7 Å². The molecule has 140 valence electrons. The zero-order chi connectivity index (χ0) is 19.2. The first-order valence-corrected chi connectivity index (χ1v) is 8.90. The number of hydrogen-bond donors (Lipinski definition) is 2. The molecular weight excluding hydrogens is 344 g/mol. The van der Waals surface area contributed by atoms with Crippen LogP contribution < -0.4 is 14.4 Å². The van der Waals surface area contributed by atoms with E-state index in [1.54, 1.807) is 14.2 Å². The average Bonchev–Trinajstić information content (AvgIpc) is 3.14. The van der Waals surface area contributed by atoms with Crippen LogP contribution in [0.5, 0.6) is 11.5 Å². The molecule has 2 aromatic carbocycles. The largest absolute Gasteiger partial charge is 0.493 e. The van der Waals surface area contributed by atoms with Crippen LogP contribution >= 0.6 is 0 Å². The molecule has 1 saturated heterocycles. The quantitative estimate of drug-likeness (QED) is 0.855. The van der Waals surface area contributed by atoms with Gasteiger partial charge in [0.15, 0.2) is 11.5 Å². The van der Waals surface area contributed by atoms with Gasteiger partial charge in [0.2, 0.25) is 0 Å². The molecule has 0 unspecified atom stereocenters. The molecule has 2 aliphatic rings. The molecule has 2 aromatic rings. The predicted octanol–water partition coefficient (Wildman–Crippen LogP) is 1.63. The minimum absolute atomic E-state index is 0.270. The smallest absolute Gasteiger partial charge is 0.162 e. The lowest BCUT2D eigenvalue weighted by Gasteiger charge is -2.32. The number of nitrogens with zero attached hydrogens (tertiary/aromatic N) is 2. The zero-order valence-corrected chi connectivity index (χ0v) is 15.3. The highest BCUT2D eigenvalue weighted by Gasteiger charge is 2.59. The normalized spacial score (nSPS) is 28.4. The topological polar surface area (TPSA) is 86.0 Å². The summed E-state index contributed by atoms with van der Waals surface area (Å²) in [6.45, 7) is 0.270. The summed E-state index contributed by atoms with van der Waals surface area (Å²) in [6.07, 6.45) is -1.49. The van der Waals surface area contributed by atoms with Gasteiger partial charge in [-0.25, -0.2) is 0 Å². The van der Waals surface area contributed by atoms with Crippen LogP contribution in [-0.2, 0) is 11.8 Å². The van der Waals surface area contributed by atoms with Gasteiger partial charge in [-0.2, -0.15) is 5.26 Å². The Morgan fingerprint density at radius 2 is 1.81 bits per heavy atom. The van der Waals surface area contributed by atoms with E-state index in [2.05, 4.69) is 6.07 Å². The Hall–Kier alpha value is -2.75. The molecular formula is C21H22N2O4. The summed E-state index contributed by atoms with van der Waals surface area (Å²) in [6, 6.07) is 15.3. The minimum Gasteiger partial charge on any atom is -0.493 e. The maximum absolute atomic E-state index is 10.7. The maximum atomic E-state index is 10.7. The van der Waals surface area contributed by atoms with Crippen molar-refractivity contribution in [3.05, 3.63) is 53.6 Å². The summed E-state index contributed by atoms with van der Waals surface area (Å²) in [4.78, 5) is 1.93. The third-order valence-corrected chi connectivity index (χ3v) is 5.76. The fourth-order valence-corrected chi connectivity index (χ4v) is 4.53. The van der Waals surface area contributed by atoms with Crippen LogP contribution in [0.4, 0.5) is 5.69 Å². The first-order valence-electron chi connectivity index (χ1n) is 8.90.